The highest BCUT2D eigenvalue weighted by Gasteiger charge is 2.41. The molecule has 0 aromatic carbocycles. The predicted molar refractivity (Wildman–Crippen MR) is 81.6 cm³/mol. The summed E-state index contributed by atoms with van der Waals surface area (Å²) in [6.45, 7) is 2.39. The molecule has 5 nitrogen and oxygen atoms in total. The number of fused-ring (bicyclic) bond motifs is 2. The third-order valence-corrected chi connectivity index (χ3v) is 7.26. The van der Waals surface area contributed by atoms with Gasteiger partial charge in [-0.3, -0.25) is 5.10 Å². The van der Waals surface area contributed by atoms with E-state index in [4.69, 9.17) is 11.6 Å². The number of nitrogens with one attached hydrogen (secondary N) is 1. The third-order valence-electron chi connectivity index (χ3n) is 5.20. The zero-order valence-corrected chi connectivity index (χ0v) is 14.0. The van der Waals surface area contributed by atoms with Gasteiger partial charge in [-0.2, -0.15) is 9.40 Å². The summed E-state index contributed by atoms with van der Waals surface area (Å²) < 4.78 is 26.9. The zero-order chi connectivity index (χ0) is 15.2. The molecule has 7 heteroatoms. The van der Waals surface area contributed by atoms with Crippen molar-refractivity contribution in [2.75, 3.05) is 13.6 Å². The second-order valence-electron chi connectivity index (χ2n) is 6.49. The van der Waals surface area contributed by atoms with Gasteiger partial charge in [-0.15, -0.1) is 11.6 Å². The molecule has 0 spiro atoms. The molecule has 3 atom stereocenters. The van der Waals surface area contributed by atoms with Crippen molar-refractivity contribution in [1.82, 2.24) is 14.5 Å². The van der Waals surface area contributed by atoms with Gasteiger partial charge >= 0.3 is 0 Å². The van der Waals surface area contributed by atoms with E-state index in [0.29, 0.717) is 23.9 Å². The van der Waals surface area contributed by atoms with Crippen LogP contribution in [0.1, 0.15) is 36.9 Å². The molecule has 2 saturated carbocycles. The summed E-state index contributed by atoms with van der Waals surface area (Å²) in [5, 5.41) is 6.78. The molecule has 3 unspecified atom stereocenters. The highest BCUT2D eigenvalue weighted by Crippen LogP contribution is 2.48. The fourth-order valence-electron chi connectivity index (χ4n) is 3.98. The van der Waals surface area contributed by atoms with Gasteiger partial charge in [0.2, 0.25) is 0 Å². The molecule has 1 aromatic heterocycles. The van der Waals surface area contributed by atoms with E-state index in [-0.39, 0.29) is 10.9 Å². The number of aromatic nitrogens is 2. The van der Waals surface area contributed by atoms with E-state index >= 15 is 0 Å². The number of aromatic amines is 1. The maximum atomic E-state index is 12.7. The monoisotopic (exact) mass is 331 g/mol. The van der Waals surface area contributed by atoms with Crippen LogP contribution in [0.4, 0.5) is 0 Å². The molecule has 0 aliphatic heterocycles. The van der Waals surface area contributed by atoms with E-state index in [1.54, 1.807) is 14.0 Å². The number of H-pyrrole nitrogens is 1. The van der Waals surface area contributed by atoms with Gasteiger partial charge in [-0.05, 0) is 43.9 Å². The second-order valence-corrected chi connectivity index (χ2v) is 8.71. The van der Waals surface area contributed by atoms with Crippen LogP contribution in [0.2, 0.25) is 0 Å². The number of nitrogens with zero attached hydrogens (tertiary/aromatic N) is 2. The maximum absolute atomic E-state index is 12.7. The molecule has 2 aliphatic rings. The first kappa shape index (κ1) is 15.3. The van der Waals surface area contributed by atoms with Crippen molar-refractivity contribution in [2.45, 2.75) is 43.5 Å². The first-order valence-electron chi connectivity index (χ1n) is 7.49. The number of rotatable bonds is 5. The molecule has 0 radical (unpaired) electrons. The first-order valence-corrected chi connectivity index (χ1v) is 9.47. The molecular weight excluding hydrogens is 310 g/mol. The Morgan fingerprint density at radius 1 is 1.38 bits per heavy atom. The van der Waals surface area contributed by atoms with Crippen LogP contribution in [0, 0.1) is 24.7 Å². The van der Waals surface area contributed by atoms with Gasteiger partial charge in [0.05, 0.1) is 5.88 Å². The third kappa shape index (κ3) is 2.62. The fourth-order valence-corrected chi connectivity index (χ4v) is 5.76. The Hall–Kier alpha value is -0.590. The first-order chi connectivity index (χ1) is 9.93. The van der Waals surface area contributed by atoms with Crippen molar-refractivity contribution in [3.05, 3.63) is 11.3 Å². The summed E-state index contributed by atoms with van der Waals surface area (Å²) >= 11 is 5.87. The lowest BCUT2D eigenvalue weighted by atomic mass is 9.89. The summed E-state index contributed by atoms with van der Waals surface area (Å²) in [6, 6.07) is 0. The summed E-state index contributed by atoms with van der Waals surface area (Å²) in [4.78, 5) is 0. The van der Waals surface area contributed by atoms with E-state index in [1.807, 2.05) is 0 Å². The second kappa shape index (κ2) is 5.56. The summed E-state index contributed by atoms with van der Waals surface area (Å²) in [6.07, 6.45) is 5.05. The average molecular weight is 332 g/mol. The summed E-state index contributed by atoms with van der Waals surface area (Å²) in [5.41, 5.74) is 1.30. The number of alkyl halides is 1. The molecular formula is C14H22ClN3O2S. The highest BCUT2D eigenvalue weighted by molar-refractivity contribution is 7.89. The molecule has 2 bridgehead atoms. The van der Waals surface area contributed by atoms with E-state index < -0.39 is 10.0 Å². The minimum Gasteiger partial charge on any atom is -0.281 e. The Bertz CT molecular complexity index is 628. The maximum Gasteiger partial charge on any atom is 0.262 e. The van der Waals surface area contributed by atoms with Crippen LogP contribution in [0.3, 0.4) is 0 Å². The molecule has 0 saturated heterocycles. The Kier molecular flexibility index (Phi) is 4.05. The van der Waals surface area contributed by atoms with Crippen molar-refractivity contribution in [2.24, 2.45) is 17.8 Å². The van der Waals surface area contributed by atoms with Gasteiger partial charge in [0.25, 0.3) is 10.0 Å². The lowest BCUT2D eigenvalue weighted by Crippen LogP contribution is -2.34. The van der Waals surface area contributed by atoms with Crippen LogP contribution >= 0.6 is 11.6 Å². The lowest BCUT2D eigenvalue weighted by Gasteiger charge is -2.26. The van der Waals surface area contributed by atoms with Crippen molar-refractivity contribution >= 4 is 21.6 Å². The molecule has 1 heterocycles. The number of hydrogen-bond donors (Lipinski definition) is 1. The Morgan fingerprint density at radius 3 is 2.71 bits per heavy atom. The summed E-state index contributed by atoms with van der Waals surface area (Å²) in [5.74, 6) is 2.19. The predicted octanol–water partition coefficient (Wildman–Crippen LogP) is 2.51. The minimum absolute atomic E-state index is 0.0839. The van der Waals surface area contributed by atoms with Crippen LogP contribution in [0.15, 0.2) is 5.03 Å². The molecule has 3 rings (SSSR count). The van der Waals surface area contributed by atoms with E-state index in [9.17, 15) is 8.42 Å². The minimum atomic E-state index is -3.56. The average Bonchev–Trinajstić information content (AvgIpc) is 3.13. The van der Waals surface area contributed by atoms with E-state index in [2.05, 4.69) is 10.2 Å². The normalized spacial score (nSPS) is 28.7. The Balaban J connectivity index is 1.78. The smallest absolute Gasteiger partial charge is 0.262 e. The largest absolute Gasteiger partial charge is 0.281 e. The van der Waals surface area contributed by atoms with Gasteiger partial charge in [-0.25, -0.2) is 8.42 Å². The number of aryl methyl sites for hydroxylation is 1. The van der Waals surface area contributed by atoms with Crippen LogP contribution in [-0.4, -0.2) is 36.5 Å². The van der Waals surface area contributed by atoms with Crippen molar-refractivity contribution in [3.63, 3.8) is 0 Å². The van der Waals surface area contributed by atoms with Gasteiger partial charge < -0.3 is 0 Å². The molecule has 2 fully saturated rings. The van der Waals surface area contributed by atoms with Crippen LogP contribution < -0.4 is 0 Å². The van der Waals surface area contributed by atoms with Crippen LogP contribution in [0.25, 0.3) is 0 Å². The number of hydrogen-bond acceptors (Lipinski definition) is 3. The molecule has 1 N–H and O–H groups in total. The zero-order valence-electron chi connectivity index (χ0n) is 12.5. The molecule has 1 aromatic rings. The van der Waals surface area contributed by atoms with Crippen molar-refractivity contribution in [1.29, 1.82) is 0 Å². The fraction of sp³-hybridized carbons (Fsp3) is 0.786. The molecule has 0 amide bonds. The standard InChI is InChI=1S/C14H22ClN3O2S/c1-9-13(7-15)14(17-16-9)21(19,20)18(2)8-12-6-10-3-4-11(12)5-10/h10-12H,3-8H2,1-2H3,(H,16,17). The van der Waals surface area contributed by atoms with Gasteiger partial charge in [-0.1, -0.05) is 6.42 Å². The molecule has 118 valence electrons. The van der Waals surface area contributed by atoms with E-state index in [0.717, 1.165) is 11.6 Å². The number of sulfonamides is 1. The van der Waals surface area contributed by atoms with Crippen LogP contribution in [-0.2, 0) is 15.9 Å². The van der Waals surface area contributed by atoms with Crippen LogP contribution in [0.5, 0.6) is 0 Å². The Labute approximate surface area is 131 Å². The molecule has 2 aliphatic carbocycles. The van der Waals surface area contributed by atoms with Crippen molar-refractivity contribution < 1.29 is 8.42 Å². The molecule has 21 heavy (non-hydrogen) atoms. The van der Waals surface area contributed by atoms with Gasteiger partial charge in [0, 0.05) is 24.8 Å². The van der Waals surface area contributed by atoms with E-state index in [1.165, 1.54) is 30.0 Å². The van der Waals surface area contributed by atoms with Gasteiger partial charge in [0.15, 0.2) is 5.03 Å². The quantitative estimate of drug-likeness (QED) is 0.843. The lowest BCUT2D eigenvalue weighted by molar-refractivity contribution is 0.280. The topological polar surface area (TPSA) is 66.1 Å². The van der Waals surface area contributed by atoms with Gasteiger partial charge in [0.1, 0.15) is 0 Å². The Morgan fingerprint density at radius 2 is 2.14 bits per heavy atom. The SMILES string of the molecule is Cc1[nH]nc(S(=O)(=O)N(C)CC2CC3CCC2C3)c1CCl. The summed E-state index contributed by atoms with van der Waals surface area (Å²) in [7, 11) is -1.90. The van der Waals surface area contributed by atoms with Crippen molar-refractivity contribution in [3.8, 4) is 0 Å². The highest BCUT2D eigenvalue weighted by atomic mass is 35.5. The number of halogens is 1.